The van der Waals surface area contributed by atoms with Gasteiger partial charge >= 0.3 is 0 Å². The summed E-state index contributed by atoms with van der Waals surface area (Å²) in [5.41, 5.74) is 1.07. The number of rotatable bonds is 4. The lowest BCUT2D eigenvalue weighted by molar-refractivity contribution is -0.118. The van der Waals surface area contributed by atoms with Crippen LogP contribution in [0.4, 0.5) is 5.69 Å². The number of benzene rings is 1. The van der Waals surface area contributed by atoms with Crippen LogP contribution in [0.3, 0.4) is 0 Å². The lowest BCUT2D eigenvalue weighted by Crippen LogP contribution is -2.50. The van der Waals surface area contributed by atoms with Gasteiger partial charge in [0.2, 0.25) is 5.91 Å². The molecule has 2 heterocycles. The number of ether oxygens (including phenoxy) is 2. The molecule has 0 saturated heterocycles. The molecule has 0 aliphatic carbocycles. The van der Waals surface area contributed by atoms with Crippen molar-refractivity contribution in [1.29, 1.82) is 0 Å². The summed E-state index contributed by atoms with van der Waals surface area (Å²) in [6, 6.07) is 7.95. The van der Waals surface area contributed by atoms with E-state index in [1.54, 1.807) is 48.2 Å². The van der Waals surface area contributed by atoms with Crippen molar-refractivity contribution in [2.45, 2.75) is 12.6 Å². The summed E-state index contributed by atoms with van der Waals surface area (Å²) in [6.45, 7) is 0.387. The standard InChI is InChI=1S/C16H17N3O4/c1-22-10-5-6-11(14(8-10)23-2)17-15(20)12-9-19-7-3-4-13(19)16(21)18-12/h3-8,12H,9H2,1-2H3,(H,17,20)(H,18,21). The molecule has 1 aliphatic heterocycles. The zero-order chi connectivity index (χ0) is 16.4. The second kappa shape index (κ2) is 6.04. The summed E-state index contributed by atoms with van der Waals surface area (Å²) in [6.07, 6.45) is 1.78. The van der Waals surface area contributed by atoms with Crippen LogP contribution >= 0.6 is 0 Å². The summed E-state index contributed by atoms with van der Waals surface area (Å²) in [4.78, 5) is 24.4. The maximum Gasteiger partial charge on any atom is 0.268 e. The molecule has 120 valence electrons. The van der Waals surface area contributed by atoms with Gasteiger partial charge in [0, 0.05) is 12.3 Å². The number of fused-ring (bicyclic) bond motifs is 1. The van der Waals surface area contributed by atoms with Crippen LogP contribution in [-0.4, -0.2) is 36.6 Å². The third-order valence-corrected chi connectivity index (χ3v) is 3.73. The minimum atomic E-state index is -0.644. The fourth-order valence-electron chi connectivity index (χ4n) is 2.52. The van der Waals surface area contributed by atoms with Gasteiger partial charge in [-0.15, -0.1) is 0 Å². The largest absolute Gasteiger partial charge is 0.497 e. The van der Waals surface area contributed by atoms with Crippen molar-refractivity contribution in [3.05, 3.63) is 42.2 Å². The van der Waals surface area contributed by atoms with Gasteiger partial charge in [-0.05, 0) is 24.3 Å². The van der Waals surface area contributed by atoms with E-state index in [4.69, 9.17) is 9.47 Å². The fourth-order valence-corrected chi connectivity index (χ4v) is 2.52. The molecule has 1 aromatic carbocycles. The van der Waals surface area contributed by atoms with E-state index in [1.807, 2.05) is 0 Å². The van der Waals surface area contributed by atoms with E-state index in [1.165, 1.54) is 7.11 Å². The molecule has 0 spiro atoms. The molecule has 7 nitrogen and oxygen atoms in total. The summed E-state index contributed by atoms with van der Waals surface area (Å²) < 4.78 is 12.1. The van der Waals surface area contributed by atoms with E-state index in [0.29, 0.717) is 29.4 Å². The summed E-state index contributed by atoms with van der Waals surface area (Å²) >= 11 is 0. The number of methoxy groups -OCH3 is 2. The lowest BCUT2D eigenvalue weighted by Gasteiger charge is -2.25. The van der Waals surface area contributed by atoms with Gasteiger partial charge in [-0.1, -0.05) is 0 Å². The number of anilines is 1. The Hall–Kier alpha value is -2.96. The number of carbonyl (C=O) groups is 2. The van der Waals surface area contributed by atoms with E-state index in [0.717, 1.165) is 0 Å². The van der Waals surface area contributed by atoms with Crippen LogP contribution in [0.1, 0.15) is 10.5 Å². The van der Waals surface area contributed by atoms with Gasteiger partial charge < -0.3 is 24.7 Å². The molecule has 1 aromatic heterocycles. The second-order valence-corrected chi connectivity index (χ2v) is 5.13. The van der Waals surface area contributed by atoms with E-state index >= 15 is 0 Å². The molecule has 0 radical (unpaired) electrons. The number of hydrogen-bond donors (Lipinski definition) is 2. The molecule has 7 heteroatoms. The summed E-state index contributed by atoms with van der Waals surface area (Å²) in [7, 11) is 3.07. The monoisotopic (exact) mass is 315 g/mol. The highest BCUT2D eigenvalue weighted by atomic mass is 16.5. The van der Waals surface area contributed by atoms with Crippen LogP contribution in [0.5, 0.6) is 11.5 Å². The van der Waals surface area contributed by atoms with Crippen molar-refractivity contribution in [3.8, 4) is 11.5 Å². The third-order valence-electron chi connectivity index (χ3n) is 3.73. The molecule has 0 bridgehead atoms. The molecule has 0 fully saturated rings. The minimum Gasteiger partial charge on any atom is -0.497 e. The van der Waals surface area contributed by atoms with Crippen molar-refractivity contribution in [2.75, 3.05) is 19.5 Å². The fraction of sp³-hybridized carbons (Fsp3) is 0.250. The van der Waals surface area contributed by atoms with Gasteiger partial charge in [0.1, 0.15) is 23.2 Å². The molecule has 2 amide bonds. The van der Waals surface area contributed by atoms with Crippen molar-refractivity contribution in [2.24, 2.45) is 0 Å². The Kier molecular flexibility index (Phi) is 3.92. The van der Waals surface area contributed by atoms with E-state index in [9.17, 15) is 9.59 Å². The highest BCUT2D eigenvalue weighted by Crippen LogP contribution is 2.29. The first-order valence-electron chi connectivity index (χ1n) is 7.11. The Labute approximate surface area is 133 Å². The van der Waals surface area contributed by atoms with Gasteiger partial charge in [0.15, 0.2) is 0 Å². The highest BCUT2D eigenvalue weighted by molar-refractivity contribution is 6.02. The number of carbonyl (C=O) groups excluding carboxylic acids is 2. The topological polar surface area (TPSA) is 81.6 Å². The Morgan fingerprint density at radius 3 is 2.87 bits per heavy atom. The Balaban J connectivity index is 1.77. The van der Waals surface area contributed by atoms with Crippen molar-refractivity contribution in [3.63, 3.8) is 0 Å². The number of amides is 2. The molecular formula is C16H17N3O4. The van der Waals surface area contributed by atoms with Gasteiger partial charge in [-0.3, -0.25) is 9.59 Å². The SMILES string of the molecule is COc1ccc(NC(=O)C2Cn3cccc3C(=O)N2)c(OC)c1. The smallest absolute Gasteiger partial charge is 0.268 e. The third kappa shape index (κ3) is 2.85. The molecule has 2 aromatic rings. The Bertz CT molecular complexity index is 754. The second-order valence-electron chi connectivity index (χ2n) is 5.13. The summed E-state index contributed by atoms with van der Waals surface area (Å²) in [5.74, 6) is 0.550. The average Bonchev–Trinajstić information content (AvgIpc) is 3.04. The van der Waals surface area contributed by atoms with Gasteiger partial charge in [0.25, 0.3) is 5.91 Å². The van der Waals surface area contributed by atoms with Crippen molar-refractivity contribution >= 4 is 17.5 Å². The molecule has 1 unspecified atom stereocenters. The van der Waals surface area contributed by atoms with Crippen molar-refractivity contribution < 1.29 is 19.1 Å². The number of nitrogens with one attached hydrogen (secondary N) is 2. The predicted molar refractivity (Wildman–Crippen MR) is 83.9 cm³/mol. The molecule has 3 rings (SSSR count). The van der Waals surface area contributed by atoms with Gasteiger partial charge in [0.05, 0.1) is 26.5 Å². The number of hydrogen-bond acceptors (Lipinski definition) is 4. The first-order valence-corrected chi connectivity index (χ1v) is 7.11. The van der Waals surface area contributed by atoms with Gasteiger partial charge in [-0.2, -0.15) is 0 Å². The van der Waals surface area contributed by atoms with E-state index < -0.39 is 6.04 Å². The van der Waals surface area contributed by atoms with Crippen LogP contribution < -0.4 is 20.1 Å². The average molecular weight is 315 g/mol. The van der Waals surface area contributed by atoms with Crippen LogP contribution in [0, 0.1) is 0 Å². The molecular weight excluding hydrogens is 298 g/mol. The minimum absolute atomic E-state index is 0.261. The first kappa shape index (κ1) is 15.0. The highest BCUT2D eigenvalue weighted by Gasteiger charge is 2.29. The normalized spacial score (nSPS) is 16.3. The summed E-state index contributed by atoms with van der Waals surface area (Å²) in [5, 5.41) is 5.48. The first-order chi connectivity index (χ1) is 11.1. The lowest BCUT2D eigenvalue weighted by atomic mass is 10.2. The Morgan fingerprint density at radius 1 is 1.30 bits per heavy atom. The van der Waals surface area contributed by atoms with Gasteiger partial charge in [-0.25, -0.2) is 0 Å². The zero-order valence-corrected chi connectivity index (χ0v) is 12.8. The van der Waals surface area contributed by atoms with Crippen molar-refractivity contribution in [1.82, 2.24) is 9.88 Å². The van der Waals surface area contributed by atoms with E-state index in [2.05, 4.69) is 10.6 Å². The van der Waals surface area contributed by atoms with Crippen LogP contribution in [0.25, 0.3) is 0 Å². The maximum absolute atomic E-state index is 12.4. The molecule has 0 saturated carbocycles. The zero-order valence-electron chi connectivity index (χ0n) is 12.8. The molecule has 1 atom stereocenters. The molecule has 23 heavy (non-hydrogen) atoms. The Morgan fingerprint density at radius 2 is 2.13 bits per heavy atom. The number of aromatic nitrogens is 1. The molecule has 2 N–H and O–H groups in total. The molecule has 1 aliphatic rings. The maximum atomic E-state index is 12.4. The van der Waals surface area contributed by atoms with Crippen LogP contribution in [0.2, 0.25) is 0 Å². The van der Waals surface area contributed by atoms with Crippen LogP contribution in [0.15, 0.2) is 36.5 Å². The predicted octanol–water partition coefficient (Wildman–Crippen LogP) is 1.26. The quantitative estimate of drug-likeness (QED) is 0.890. The number of nitrogens with zero attached hydrogens (tertiary/aromatic N) is 1. The van der Waals surface area contributed by atoms with E-state index in [-0.39, 0.29) is 11.8 Å². The van der Waals surface area contributed by atoms with Crippen LogP contribution in [-0.2, 0) is 11.3 Å².